The molecule has 0 bridgehead atoms. The number of nitrogens with zero attached hydrogens (tertiary/aromatic N) is 2. The summed E-state index contributed by atoms with van der Waals surface area (Å²) in [5.41, 5.74) is 1.58. The molecular formula is C16H12FN3O. The molecule has 2 rings (SSSR count). The summed E-state index contributed by atoms with van der Waals surface area (Å²) in [6, 6.07) is 12.2. The quantitative estimate of drug-likeness (QED) is 0.903. The minimum Gasteiger partial charge on any atom is -0.508 e. The Hall–Kier alpha value is -3.05. The number of benzene rings is 2. The summed E-state index contributed by atoms with van der Waals surface area (Å²) in [6.45, 7) is 1.76. The summed E-state index contributed by atoms with van der Waals surface area (Å²) in [5.74, 6) is -0.641. The van der Waals surface area contributed by atoms with E-state index < -0.39 is 5.82 Å². The van der Waals surface area contributed by atoms with Crippen LogP contribution in [0.2, 0.25) is 0 Å². The second-order valence-electron chi connectivity index (χ2n) is 4.56. The summed E-state index contributed by atoms with van der Waals surface area (Å²) in [6.07, 6.45) is 0. The van der Waals surface area contributed by atoms with Gasteiger partial charge in [0, 0.05) is 17.3 Å². The molecule has 0 saturated carbocycles. The third-order valence-corrected chi connectivity index (χ3v) is 3.09. The Morgan fingerprint density at radius 3 is 2.43 bits per heavy atom. The van der Waals surface area contributed by atoms with Crippen LogP contribution < -0.4 is 5.32 Å². The van der Waals surface area contributed by atoms with Crippen molar-refractivity contribution in [1.82, 2.24) is 0 Å². The Morgan fingerprint density at radius 1 is 1.10 bits per heavy atom. The Bertz CT molecular complexity index is 759. The fourth-order valence-electron chi connectivity index (χ4n) is 2.02. The van der Waals surface area contributed by atoms with E-state index in [1.54, 1.807) is 25.1 Å². The average molecular weight is 281 g/mol. The van der Waals surface area contributed by atoms with E-state index in [4.69, 9.17) is 10.5 Å². The molecule has 0 spiro atoms. The topological polar surface area (TPSA) is 79.8 Å². The van der Waals surface area contributed by atoms with Gasteiger partial charge in [0.25, 0.3) is 0 Å². The first-order valence-corrected chi connectivity index (χ1v) is 6.24. The lowest BCUT2D eigenvalue weighted by Crippen LogP contribution is -2.08. The molecule has 21 heavy (non-hydrogen) atoms. The first-order valence-electron chi connectivity index (χ1n) is 6.24. The zero-order valence-electron chi connectivity index (χ0n) is 11.3. The highest BCUT2D eigenvalue weighted by Crippen LogP contribution is 2.25. The van der Waals surface area contributed by atoms with E-state index >= 15 is 0 Å². The molecule has 0 aliphatic carbocycles. The fourth-order valence-corrected chi connectivity index (χ4v) is 2.02. The largest absolute Gasteiger partial charge is 0.508 e. The van der Waals surface area contributed by atoms with Crippen molar-refractivity contribution in [1.29, 1.82) is 10.5 Å². The van der Waals surface area contributed by atoms with Crippen molar-refractivity contribution in [3.63, 3.8) is 0 Å². The smallest absolute Gasteiger partial charge is 0.132 e. The number of phenols is 1. The van der Waals surface area contributed by atoms with Crippen LogP contribution in [0.4, 0.5) is 10.1 Å². The standard InChI is InChI=1S/C16H12FN3O/c1-10(15-5-4-14(21)7-16(15)17)20-13-3-2-11(8-18)12(6-13)9-19/h2-7,10,20-21H,1H3. The number of nitrogens with one attached hydrogen (secondary N) is 1. The van der Waals surface area contributed by atoms with Crippen molar-refractivity contribution in [3.05, 3.63) is 58.9 Å². The minimum absolute atomic E-state index is 0.131. The van der Waals surface area contributed by atoms with Crippen molar-refractivity contribution in [3.8, 4) is 17.9 Å². The Morgan fingerprint density at radius 2 is 1.81 bits per heavy atom. The van der Waals surface area contributed by atoms with Gasteiger partial charge in [0.05, 0.1) is 17.2 Å². The number of hydrogen-bond acceptors (Lipinski definition) is 4. The third-order valence-electron chi connectivity index (χ3n) is 3.09. The van der Waals surface area contributed by atoms with Gasteiger partial charge in [-0.05, 0) is 31.2 Å². The molecule has 1 atom stereocenters. The van der Waals surface area contributed by atoms with Crippen LogP contribution in [0.5, 0.6) is 5.75 Å². The summed E-state index contributed by atoms with van der Waals surface area (Å²) in [4.78, 5) is 0. The molecule has 5 heteroatoms. The van der Waals surface area contributed by atoms with Crippen molar-refractivity contribution < 1.29 is 9.50 Å². The molecule has 0 amide bonds. The maximum atomic E-state index is 13.8. The first kappa shape index (κ1) is 14.4. The van der Waals surface area contributed by atoms with Gasteiger partial charge < -0.3 is 10.4 Å². The van der Waals surface area contributed by atoms with Gasteiger partial charge in [-0.2, -0.15) is 10.5 Å². The van der Waals surface area contributed by atoms with Gasteiger partial charge >= 0.3 is 0 Å². The van der Waals surface area contributed by atoms with E-state index in [0.717, 1.165) is 6.07 Å². The normalized spacial score (nSPS) is 11.2. The minimum atomic E-state index is -0.510. The van der Waals surface area contributed by atoms with Crippen molar-refractivity contribution in [2.24, 2.45) is 0 Å². The van der Waals surface area contributed by atoms with Gasteiger partial charge in [0.1, 0.15) is 23.7 Å². The van der Waals surface area contributed by atoms with Crippen LogP contribution in [0.3, 0.4) is 0 Å². The lowest BCUT2D eigenvalue weighted by Gasteiger charge is -2.17. The maximum Gasteiger partial charge on any atom is 0.132 e. The predicted octanol–water partition coefficient (Wildman–Crippen LogP) is 3.45. The second kappa shape index (κ2) is 5.94. The van der Waals surface area contributed by atoms with E-state index in [2.05, 4.69) is 5.32 Å². The lowest BCUT2D eigenvalue weighted by atomic mass is 10.1. The van der Waals surface area contributed by atoms with E-state index in [1.165, 1.54) is 12.1 Å². The third kappa shape index (κ3) is 3.10. The Labute approximate surface area is 121 Å². The number of halogens is 1. The summed E-state index contributed by atoms with van der Waals surface area (Å²) < 4.78 is 13.8. The van der Waals surface area contributed by atoms with Crippen LogP contribution in [-0.2, 0) is 0 Å². The molecule has 0 aromatic heterocycles. The SMILES string of the molecule is CC(Nc1ccc(C#N)c(C#N)c1)c1ccc(O)cc1F. The molecule has 2 aromatic carbocycles. The van der Waals surface area contributed by atoms with Crippen molar-refractivity contribution >= 4 is 5.69 Å². The van der Waals surface area contributed by atoms with Crippen molar-refractivity contribution in [2.45, 2.75) is 13.0 Å². The predicted molar refractivity (Wildman–Crippen MR) is 76.0 cm³/mol. The molecule has 2 N–H and O–H groups in total. The first-order chi connectivity index (χ1) is 10.0. The zero-order chi connectivity index (χ0) is 15.4. The Kier molecular flexibility index (Phi) is 4.06. The molecule has 0 saturated heterocycles. The molecule has 4 nitrogen and oxygen atoms in total. The van der Waals surface area contributed by atoms with E-state index in [1.807, 2.05) is 12.1 Å². The molecule has 0 aliphatic rings. The molecule has 0 radical (unpaired) electrons. The average Bonchev–Trinajstić information content (AvgIpc) is 2.46. The van der Waals surface area contributed by atoms with E-state index in [0.29, 0.717) is 16.8 Å². The van der Waals surface area contributed by atoms with Gasteiger partial charge in [0.15, 0.2) is 0 Å². The summed E-state index contributed by atoms with van der Waals surface area (Å²) in [7, 11) is 0. The van der Waals surface area contributed by atoms with Crippen LogP contribution >= 0.6 is 0 Å². The summed E-state index contributed by atoms with van der Waals surface area (Å²) >= 11 is 0. The number of hydrogen-bond donors (Lipinski definition) is 2. The fraction of sp³-hybridized carbons (Fsp3) is 0.125. The van der Waals surface area contributed by atoms with Crippen LogP contribution in [0, 0.1) is 28.5 Å². The summed E-state index contributed by atoms with van der Waals surface area (Å²) in [5, 5.41) is 30.1. The zero-order valence-corrected chi connectivity index (χ0v) is 11.3. The number of rotatable bonds is 3. The number of phenolic OH excluding ortho intramolecular Hbond substituents is 1. The number of anilines is 1. The molecule has 0 fully saturated rings. The molecule has 104 valence electrons. The maximum absolute atomic E-state index is 13.8. The van der Waals surface area contributed by atoms with Crippen LogP contribution in [-0.4, -0.2) is 5.11 Å². The molecule has 1 unspecified atom stereocenters. The van der Waals surface area contributed by atoms with Gasteiger partial charge in [-0.3, -0.25) is 0 Å². The van der Waals surface area contributed by atoms with Gasteiger partial charge in [-0.25, -0.2) is 4.39 Å². The van der Waals surface area contributed by atoms with E-state index in [-0.39, 0.29) is 17.4 Å². The Balaban J connectivity index is 2.26. The van der Waals surface area contributed by atoms with Gasteiger partial charge in [0.2, 0.25) is 0 Å². The van der Waals surface area contributed by atoms with Crippen LogP contribution in [0.15, 0.2) is 36.4 Å². The number of nitriles is 2. The highest BCUT2D eigenvalue weighted by molar-refractivity contribution is 5.57. The number of aromatic hydroxyl groups is 1. The van der Waals surface area contributed by atoms with Gasteiger partial charge in [-0.1, -0.05) is 6.07 Å². The monoisotopic (exact) mass is 281 g/mol. The second-order valence-corrected chi connectivity index (χ2v) is 4.56. The highest BCUT2D eigenvalue weighted by atomic mass is 19.1. The van der Waals surface area contributed by atoms with Crippen LogP contribution in [0.1, 0.15) is 29.7 Å². The van der Waals surface area contributed by atoms with E-state index in [9.17, 15) is 9.50 Å². The molecule has 2 aromatic rings. The lowest BCUT2D eigenvalue weighted by molar-refractivity contribution is 0.467. The van der Waals surface area contributed by atoms with Gasteiger partial charge in [-0.15, -0.1) is 0 Å². The molecular weight excluding hydrogens is 269 g/mol. The molecule has 0 heterocycles. The molecule has 0 aliphatic heterocycles. The van der Waals surface area contributed by atoms with Crippen LogP contribution in [0.25, 0.3) is 0 Å². The van der Waals surface area contributed by atoms with Crippen molar-refractivity contribution in [2.75, 3.05) is 5.32 Å². The highest BCUT2D eigenvalue weighted by Gasteiger charge is 2.12.